The summed E-state index contributed by atoms with van der Waals surface area (Å²) in [5, 5.41) is 0. The van der Waals surface area contributed by atoms with Crippen LogP contribution in [-0.4, -0.2) is 52.5 Å². The normalized spacial score (nSPS) is 18.4. The van der Waals surface area contributed by atoms with Gasteiger partial charge in [0.1, 0.15) is 12.0 Å². The zero-order chi connectivity index (χ0) is 21.1. The first-order valence-electron chi connectivity index (χ1n) is 8.72. The number of hydrogen-bond acceptors (Lipinski definition) is 7. The summed E-state index contributed by atoms with van der Waals surface area (Å²) in [5.74, 6) is -3.02. The molecule has 10 heteroatoms. The van der Waals surface area contributed by atoms with Crippen molar-refractivity contribution in [3.8, 4) is 5.75 Å². The number of alkyl halides is 1. The van der Waals surface area contributed by atoms with Crippen LogP contribution in [0.15, 0.2) is 35.1 Å². The Kier molecular flexibility index (Phi) is 5.71. The fourth-order valence-corrected chi connectivity index (χ4v) is 3.09. The molecule has 0 radical (unpaired) electrons. The fourth-order valence-electron chi connectivity index (χ4n) is 3.09. The Bertz CT molecular complexity index is 1010. The first kappa shape index (κ1) is 20.2. The van der Waals surface area contributed by atoms with Gasteiger partial charge in [0.2, 0.25) is 11.7 Å². The molecule has 1 N–H and O–H groups in total. The van der Waals surface area contributed by atoms with Gasteiger partial charge in [0, 0.05) is 13.3 Å². The molecule has 0 bridgehead atoms. The second kappa shape index (κ2) is 8.21. The number of H-pyrrole nitrogens is 1. The fraction of sp³-hybridized carbons (Fsp3) is 0.316. The number of amides is 1. The Hall–Kier alpha value is -3.56. The smallest absolute Gasteiger partial charge is 0.360 e. The maximum absolute atomic E-state index is 13.9. The van der Waals surface area contributed by atoms with Crippen molar-refractivity contribution >= 4 is 17.8 Å². The number of esters is 2. The lowest BCUT2D eigenvalue weighted by atomic mass is 10.2. The monoisotopic (exact) mass is 403 g/mol. The predicted octanol–water partition coefficient (Wildman–Crippen LogP) is 1.41. The number of rotatable bonds is 4. The Morgan fingerprint density at radius 1 is 1.21 bits per heavy atom. The van der Waals surface area contributed by atoms with Crippen molar-refractivity contribution in [1.29, 1.82) is 0 Å². The molecular weight excluding hydrogens is 385 g/mol. The van der Waals surface area contributed by atoms with Gasteiger partial charge in [-0.3, -0.25) is 9.59 Å². The molecule has 2 unspecified atom stereocenters. The van der Waals surface area contributed by atoms with Crippen molar-refractivity contribution in [3.63, 3.8) is 0 Å². The molecule has 1 aliphatic heterocycles. The maximum atomic E-state index is 13.9. The molecule has 0 spiro atoms. The van der Waals surface area contributed by atoms with E-state index in [9.17, 15) is 23.6 Å². The number of nitrogens with zero attached hydrogens (tertiary/aromatic N) is 2. The summed E-state index contributed by atoms with van der Waals surface area (Å²) < 4.78 is 23.6. The molecule has 2 aromatic rings. The van der Waals surface area contributed by atoms with Gasteiger partial charge in [0.05, 0.1) is 25.3 Å². The van der Waals surface area contributed by atoms with E-state index in [2.05, 4.69) is 14.7 Å². The first-order chi connectivity index (χ1) is 13.8. The average molecular weight is 403 g/mol. The molecule has 9 nitrogen and oxygen atoms in total. The van der Waals surface area contributed by atoms with Crippen LogP contribution in [0.3, 0.4) is 0 Å². The summed E-state index contributed by atoms with van der Waals surface area (Å²) in [5.41, 5.74) is -1.31. The molecule has 0 aliphatic carbocycles. The molecule has 1 aliphatic rings. The summed E-state index contributed by atoms with van der Waals surface area (Å²) in [6.45, 7) is 1.11. The van der Waals surface area contributed by atoms with Crippen molar-refractivity contribution < 1.29 is 28.2 Å². The van der Waals surface area contributed by atoms with Gasteiger partial charge in [-0.05, 0) is 12.1 Å². The Balaban J connectivity index is 2.02. The van der Waals surface area contributed by atoms with Crippen molar-refractivity contribution in [2.75, 3.05) is 13.7 Å². The van der Waals surface area contributed by atoms with Gasteiger partial charge in [-0.2, -0.15) is 0 Å². The maximum Gasteiger partial charge on any atom is 0.360 e. The molecule has 3 rings (SSSR count). The third kappa shape index (κ3) is 4.15. The minimum Gasteiger partial charge on any atom is -0.464 e. The number of carbonyl (C=O) groups excluding carboxylic acids is 3. The largest absolute Gasteiger partial charge is 0.464 e. The van der Waals surface area contributed by atoms with Crippen molar-refractivity contribution in [3.05, 3.63) is 57.8 Å². The van der Waals surface area contributed by atoms with E-state index in [1.54, 1.807) is 18.2 Å². The highest BCUT2D eigenvalue weighted by molar-refractivity contribution is 5.94. The van der Waals surface area contributed by atoms with E-state index in [0.717, 1.165) is 7.11 Å². The summed E-state index contributed by atoms with van der Waals surface area (Å²) in [7, 11) is 1.07. The van der Waals surface area contributed by atoms with Gasteiger partial charge >= 0.3 is 11.9 Å². The van der Waals surface area contributed by atoms with Crippen LogP contribution in [0.25, 0.3) is 0 Å². The highest BCUT2D eigenvalue weighted by Gasteiger charge is 2.37. The van der Waals surface area contributed by atoms with E-state index in [1.165, 1.54) is 24.0 Å². The number of ether oxygens (including phenoxy) is 2. The molecule has 1 amide bonds. The first-order valence-corrected chi connectivity index (χ1v) is 8.72. The van der Waals surface area contributed by atoms with Crippen molar-refractivity contribution in [1.82, 2.24) is 14.9 Å². The quantitative estimate of drug-likeness (QED) is 0.767. The Morgan fingerprint density at radius 2 is 1.90 bits per heavy atom. The van der Waals surface area contributed by atoms with Gasteiger partial charge in [-0.25, -0.2) is 19.0 Å². The van der Waals surface area contributed by atoms with Crippen LogP contribution < -0.4 is 10.3 Å². The molecule has 29 heavy (non-hydrogen) atoms. The Morgan fingerprint density at radius 3 is 2.52 bits per heavy atom. The molecule has 0 saturated carbocycles. The van der Waals surface area contributed by atoms with E-state index in [4.69, 9.17) is 4.74 Å². The number of benzene rings is 1. The zero-order valence-electron chi connectivity index (χ0n) is 15.7. The van der Waals surface area contributed by atoms with Gasteiger partial charge in [0.15, 0.2) is 5.69 Å². The molecule has 2 heterocycles. The molecule has 1 aromatic heterocycles. The Labute approximate surface area is 164 Å². The standard InChI is InChI=1S/C19H18FN3O6/c1-10(24)23-9-12(20)8-13(23)16-21-14(19(27)28-2)15(17(25)22-16)29-18(26)11-6-4-3-5-7-11/h3-7,12-13H,8-9H2,1-2H3,(H,21,22,25). The number of aromatic nitrogens is 2. The van der Waals surface area contributed by atoms with Gasteiger partial charge in [-0.15, -0.1) is 0 Å². The third-order valence-electron chi connectivity index (χ3n) is 4.45. The lowest BCUT2D eigenvalue weighted by Crippen LogP contribution is -2.32. The predicted molar refractivity (Wildman–Crippen MR) is 97.2 cm³/mol. The van der Waals surface area contributed by atoms with Crippen LogP contribution in [-0.2, 0) is 9.53 Å². The van der Waals surface area contributed by atoms with E-state index in [-0.39, 0.29) is 24.4 Å². The molecule has 1 saturated heterocycles. The molecule has 152 valence electrons. The number of aromatic amines is 1. The molecule has 1 fully saturated rings. The molecular formula is C19H18FN3O6. The van der Waals surface area contributed by atoms with E-state index in [1.807, 2.05) is 0 Å². The van der Waals surface area contributed by atoms with Crippen molar-refractivity contribution in [2.24, 2.45) is 0 Å². The van der Waals surface area contributed by atoms with E-state index >= 15 is 0 Å². The second-order valence-electron chi connectivity index (χ2n) is 6.40. The van der Waals surface area contributed by atoms with Gasteiger partial charge in [-0.1, -0.05) is 18.2 Å². The van der Waals surface area contributed by atoms with Crippen LogP contribution in [0.1, 0.15) is 46.1 Å². The van der Waals surface area contributed by atoms with Crippen LogP contribution in [0, 0.1) is 0 Å². The van der Waals surface area contributed by atoms with Crippen molar-refractivity contribution in [2.45, 2.75) is 25.6 Å². The summed E-state index contributed by atoms with van der Waals surface area (Å²) >= 11 is 0. The SMILES string of the molecule is COC(=O)c1nc(C2CC(F)CN2C(C)=O)[nH]c(=O)c1OC(=O)c1ccccc1. The molecule has 2 atom stereocenters. The van der Waals surface area contributed by atoms with Gasteiger partial charge < -0.3 is 19.4 Å². The minimum absolute atomic E-state index is 0.0910. The van der Waals surface area contributed by atoms with Crippen LogP contribution in [0.2, 0.25) is 0 Å². The zero-order valence-corrected chi connectivity index (χ0v) is 15.7. The number of likely N-dealkylation sites (tertiary alicyclic amines) is 1. The number of carbonyl (C=O) groups is 3. The number of nitrogens with one attached hydrogen (secondary N) is 1. The van der Waals surface area contributed by atoms with E-state index in [0.29, 0.717) is 0 Å². The number of hydrogen-bond donors (Lipinski definition) is 1. The van der Waals surface area contributed by atoms with E-state index < -0.39 is 47.1 Å². The highest BCUT2D eigenvalue weighted by atomic mass is 19.1. The summed E-state index contributed by atoms with van der Waals surface area (Å²) in [6, 6.07) is 6.99. The second-order valence-corrected chi connectivity index (χ2v) is 6.40. The lowest BCUT2D eigenvalue weighted by Gasteiger charge is -2.22. The molecule has 1 aromatic carbocycles. The highest BCUT2D eigenvalue weighted by Crippen LogP contribution is 2.32. The average Bonchev–Trinajstić information content (AvgIpc) is 3.11. The minimum atomic E-state index is -1.30. The summed E-state index contributed by atoms with van der Waals surface area (Å²) in [4.78, 5) is 56.5. The van der Waals surface area contributed by atoms with Crippen LogP contribution in [0.4, 0.5) is 4.39 Å². The number of halogens is 1. The van der Waals surface area contributed by atoms with Crippen LogP contribution in [0.5, 0.6) is 5.75 Å². The topological polar surface area (TPSA) is 119 Å². The van der Waals surface area contributed by atoms with Crippen LogP contribution >= 0.6 is 0 Å². The van der Waals surface area contributed by atoms with Gasteiger partial charge in [0.25, 0.3) is 5.56 Å². The lowest BCUT2D eigenvalue weighted by molar-refractivity contribution is -0.130. The number of methoxy groups -OCH3 is 1. The third-order valence-corrected chi connectivity index (χ3v) is 4.45. The summed E-state index contributed by atoms with van der Waals surface area (Å²) in [6.07, 6.45) is -1.39.